The van der Waals surface area contributed by atoms with Crippen LogP contribution in [0.1, 0.15) is 35.2 Å². The van der Waals surface area contributed by atoms with E-state index in [0.717, 1.165) is 24.0 Å². The van der Waals surface area contributed by atoms with Crippen molar-refractivity contribution in [2.24, 2.45) is 0 Å². The fourth-order valence-electron chi connectivity index (χ4n) is 3.43. The fourth-order valence-corrected chi connectivity index (χ4v) is 3.85. The zero-order valence-corrected chi connectivity index (χ0v) is 16.7. The first-order valence-corrected chi connectivity index (χ1v) is 10.5. The van der Waals surface area contributed by atoms with Gasteiger partial charge in [-0.05, 0) is 49.1 Å². The van der Waals surface area contributed by atoms with E-state index in [0.29, 0.717) is 43.9 Å². The Morgan fingerprint density at radius 1 is 1.14 bits per heavy atom. The highest BCUT2D eigenvalue weighted by Crippen LogP contribution is 2.19. The van der Waals surface area contributed by atoms with Crippen LogP contribution < -0.4 is 4.72 Å². The average molecular weight is 404 g/mol. The summed E-state index contributed by atoms with van der Waals surface area (Å²) in [7, 11) is 0. The van der Waals surface area contributed by atoms with E-state index in [9.17, 15) is 13.8 Å². The van der Waals surface area contributed by atoms with E-state index in [2.05, 4.69) is 16.9 Å². The first-order chi connectivity index (χ1) is 13.4. The molecule has 2 aliphatic rings. The van der Waals surface area contributed by atoms with Crippen molar-refractivity contribution >= 4 is 28.8 Å². The molecule has 0 radical (unpaired) electrons. The highest BCUT2D eigenvalue weighted by Gasteiger charge is 2.25. The molecule has 1 saturated heterocycles. The highest BCUT2D eigenvalue weighted by atomic mass is 32.2. The van der Waals surface area contributed by atoms with Crippen molar-refractivity contribution in [1.29, 1.82) is 0 Å². The van der Waals surface area contributed by atoms with Gasteiger partial charge in [0.1, 0.15) is 0 Å². The average Bonchev–Trinajstić information content (AvgIpc) is 2.69. The normalized spacial score (nSPS) is 17.9. The summed E-state index contributed by atoms with van der Waals surface area (Å²) in [6, 6.07) is 4.97. The smallest absolute Gasteiger partial charge is 0.259 e. The second-order valence-corrected chi connectivity index (χ2v) is 7.69. The molecular formula is C20H25N3O4S. The number of nitrogens with one attached hydrogen (secondary N) is 1. The van der Waals surface area contributed by atoms with Crippen LogP contribution in [0.25, 0.3) is 0 Å². The van der Waals surface area contributed by atoms with E-state index < -0.39 is 11.3 Å². The van der Waals surface area contributed by atoms with Crippen molar-refractivity contribution in [3.63, 3.8) is 0 Å². The van der Waals surface area contributed by atoms with E-state index in [1.807, 2.05) is 11.0 Å². The Kier molecular flexibility index (Phi) is 6.64. The van der Waals surface area contributed by atoms with E-state index in [1.54, 1.807) is 30.0 Å². The van der Waals surface area contributed by atoms with Gasteiger partial charge in [0.05, 0.1) is 12.1 Å². The number of hydrogen-bond donors (Lipinski definition) is 2. The van der Waals surface area contributed by atoms with Crippen molar-refractivity contribution in [2.45, 2.75) is 26.2 Å². The lowest BCUT2D eigenvalue weighted by atomic mass is 10.0. The van der Waals surface area contributed by atoms with Gasteiger partial charge in [0, 0.05) is 31.7 Å². The number of carbonyl (C=O) groups is 2. The number of anilines is 1. The molecule has 3 rings (SSSR count). The predicted octanol–water partition coefficient (Wildman–Crippen LogP) is 2.49. The zero-order valence-electron chi connectivity index (χ0n) is 15.9. The summed E-state index contributed by atoms with van der Waals surface area (Å²) in [5.74, 6) is 0.0120. The van der Waals surface area contributed by atoms with Gasteiger partial charge in [-0.1, -0.05) is 18.2 Å². The molecule has 8 heteroatoms. The predicted molar refractivity (Wildman–Crippen MR) is 109 cm³/mol. The monoisotopic (exact) mass is 403 g/mol. The summed E-state index contributed by atoms with van der Waals surface area (Å²) in [4.78, 5) is 28.8. The number of hydrogen-bond acceptors (Lipinski definition) is 3. The maximum absolute atomic E-state index is 12.8. The molecule has 2 N–H and O–H groups in total. The molecule has 1 aliphatic carbocycles. The Morgan fingerprint density at radius 2 is 1.86 bits per heavy atom. The number of benzene rings is 1. The molecule has 1 aromatic rings. The molecule has 28 heavy (non-hydrogen) atoms. The maximum Gasteiger partial charge on any atom is 0.259 e. The van der Waals surface area contributed by atoms with Crippen LogP contribution in [0.5, 0.6) is 0 Å². The third-order valence-corrected chi connectivity index (χ3v) is 5.41. The molecule has 1 fully saturated rings. The quantitative estimate of drug-likeness (QED) is 0.739. The summed E-state index contributed by atoms with van der Waals surface area (Å²) < 4.78 is 22.2. The van der Waals surface area contributed by atoms with Crippen LogP contribution in [0.2, 0.25) is 0 Å². The number of amides is 2. The maximum atomic E-state index is 12.8. The Labute approximate surface area is 167 Å². The zero-order chi connectivity index (χ0) is 20.1. The third kappa shape index (κ3) is 5.08. The van der Waals surface area contributed by atoms with Gasteiger partial charge in [0.2, 0.25) is 5.91 Å². The topological polar surface area (TPSA) is 90.0 Å². The molecule has 2 amide bonds. The molecule has 0 bridgehead atoms. The Hall–Kier alpha value is -2.45. The Balaban J connectivity index is 1.55. The molecule has 1 aromatic carbocycles. The van der Waals surface area contributed by atoms with Crippen LogP contribution in [0.3, 0.4) is 0 Å². The summed E-state index contributed by atoms with van der Waals surface area (Å²) in [6.07, 6.45) is 8.68. The fraction of sp³-hybridized carbons (Fsp3) is 0.400. The first kappa shape index (κ1) is 20.3. The van der Waals surface area contributed by atoms with Gasteiger partial charge in [-0.25, -0.2) is 4.21 Å². The lowest BCUT2D eigenvalue weighted by Gasteiger charge is -2.35. The van der Waals surface area contributed by atoms with Crippen LogP contribution in [-0.4, -0.2) is 56.6 Å². The minimum Gasteiger partial charge on any atom is -0.339 e. The van der Waals surface area contributed by atoms with Crippen LogP contribution in [0.4, 0.5) is 5.69 Å². The SMILES string of the molecule is Cc1cc(C(=O)N2CCN(C(=O)CC3=CCCC=C3)CC2)ccc1NS(=O)O. The van der Waals surface area contributed by atoms with Gasteiger partial charge >= 0.3 is 0 Å². The Morgan fingerprint density at radius 3 is 2.46 bits per heavy atom. The van der Waals surface area contributed by atoms with Gasteiger partial charge in [0.15, 0.2) is 0 Å². The molecule has 1 unspecified atom stereocenters. The molecule has 1 atom stereocenters. The molecule has 0 saturated carbocycles. The number of nitrogens with zero attached hydrogens (tertiary/aromatic N) is 2. The van der Waals surface area contributed by atoms with E-state index in [1.165, 1.54) is 0 Å². The number of piperazine rings is 1. The summed E-state index contributed by atoms with van der Waals surface area (Å²) in [5, 5.41) is 0. The van der Waals surface area contributed by atoms with E-state index in [-0.39, 0.29) is 11.8 Å². The lowest BCUT2D eigenvalue weighted by molar-refractivity contribution is -0.131. The number of carbonyl (C=O) groups excluding carboxylic acids is 2. The first-order valence-electron chi connectivity index (χ1n) is 9.35. The second kappa shape index (κ2) is 9.16. The molecule has 150 valence electrons. The molecule has 0 spiro atoms. The van der Waals surface area contributed by atoms with Gasteiger partial charge in [-0.15, -0.1) is 0 Å². The van der Waals surface area contributed by atoms with Crippen molar-refractivity contribution in [1.82, 2.24) is 9.80 Å². The molecule has 1 aliphatic heterocycles. The standard InChI is InChI=1S/C20H25N3O4S/c1-15-13-17(7-8-18(15)21-28(26)27)20(25)23-11-9-22(10-12-23)19(24)14-16-5-3-2-4-6-16/h3,5-8,13,21H,2,4,9-12,14H2,1H3,(H,26,27). The van der Waals surface area contributed by atoms with Crippen molar-refractivity contribution in [2.75, 3.05) is 30.9 Å². The van der Waals surface area contributed by atoms with Crippen LogP contribution >= 0.6 is 0 Å². The van der Waals surface area contributed by atoms with Gasteiger partial charge in [0.25, 0.3) is 17.2 Å². The second-order valence-electron chi connectivity index (χ2n) is 6.99. The highest BCUT2D eigenvalue weighted by molar-refractivity contribution is 7.80. The number of rotatable bonds is 5. The summed E-state index contributed by atoms with van der Waals surface area (Å²) >= 11 is -2.15. The van der Waals surface area contributed by atoms with Gasteiger partial charge < -0.3 is 9.80 Å². The molecule has 1 heterocycles. The van der Waals surface area contributed by atoms with Crippen LogP contribution in [-0.2, 0) is 16.1 Å². The molecule has 7 nitrogen and oxygen atoms in total. The van der Waals surface area contributed by atoms with Crippen molar-refractivity contribution < 1.29 is 18.4 Å². The molecule has 0 aromatic heterocycles. The van der Waals surface area contributed by atoms with Crippen LogP contribution in [0, 0.1) is 6.92 Å². The van der Waals surface area contributed by atoms with Crippen molar-refractivity contribution in [3.05, 3.63) is 53.1 Å². The number of aryl methyl sites for hydroxylation is 1. The van der Waals surface area contributed by atoms with Gasteiger partial charge in [-0.3, -0.25) is 18.9 Å². The summed E-state index contributed by atoms with van der Waals surface area (Å²) in [5.41, 5.74) is 2.83. The number of allylic oxidation sites excluding steroid dienone is 3. The van der Waals surface area contributed by atoms with Crippen LogP contribution in [0.15, 0.2) is 42.0 Å². The van der Waals surface area contributed by atoms with Crippen molar-refractivity contribution in [3.8, 4) is 0 Å². The minimum atomic E-state index is -2.15. The molecular weight excluding hydrogens is 378 g/mol. The Bertz CT molecular complexity index is 842. The van der Waals surface area contributed by atoms with E-state index in [4.69, 9.17) is 4.55 Å². The van der Waals surface area contributed by atoms with E-state index >= 15 is 0 Å². The summed E-state index contributed by atoms with van der Waals surface area (Å²) in [6.45, 7) is 3.84. The minimum absolute atomic E-state index is 0.0928. The lowest BCUT2D eigenvalue weighted by Crippen LogP contribution is -2.50. The largest absolute Gasteiger partial charge is 0.339 e. The van der Waals surface area contributed by atoms with Gasteiger partial charge in [-0.2, -0.15) is 0 Å². The third-order valence-electron chi connectivity index (χ3n) is 5.02.